The van der Waals surface area contributed by atoms with Gasteiger partial charge in [-0.1, -0.05) is 18.7 Å². The Bertz CT molecular complexity index is 506. The van der Waals surface area contributed by atoms with Crippen LogP contribution in [0.2, 0.25) is 0 Å². The Morgan fingerprint density at radius 3 is 2.67 bits per heavy atom. The number of thiocarbonyl (C=S) groups is 1. The Morgan fingerprint density at radius 1 is 1.33 bits per heavy atom. The molecule has 4 nitrogen and oxygen atoms in total. The standard InChI is InChI=1S/C13H16F3N3OS/c1-9(18-19-12(21)17-6-7-20-2)10-4-3-5-11(8-10)13(14,15)16/h3-5,8,18H,1,6-7H2,2H3,(H2,17,19,21). The Labute approximate surface area is 126 Å². The number of ether oxygens (including phenoxy) is 1. The maximum atomic E-state index is 12.6. The average Bonchev–Trinajstić information content (AvgIpc) is 2.44. The van der Waals surface area contributed by atoms with Crippen molar-refractivity contribution in [3.63, 3.8) is 0 Å². The molecule has 0 amide bonds. The highest BCUT2D eigenvalue weighted by atomic mass is 32.1. The second-order valence-electron chi connectivity index (χ2n) is 4.06. The van der Waals surface area contributed by atoms with Crippen LogP contribution in [0.1, 0.15) is 11.1 Å². The van der Waals surface area contributed by atoms with Gasteiger partial charge in [-0.2, -0.15) is 13.2 Å². The first kappa shape index (κ1) is 17.3. The van der Waals surface area contributed by atoms with Crippen LogP contribution in [0.4, 0.5) is 13.2 Å². The Kier molecular flexibility index (Phi) is 6.44. The minimum absolute atomic E-state index is 0.275. The van der Waals surface area contributed by atoms with E-state index in [0.717, 1.165) is 12.1 Å². The van der Waals surface area contributed by atoms with Gasteiger partial charge in [0.05, 0.1) is 17.9 Å². The Morgan fingerprint density at radius 2 is 2.05 bits per heavy atom. The summed E-state index contributed by atoms with van der Waals surface area (Å²) < 4.78 is 42.7. The molecule has 0 aromatic heterocycles. The Balaban J connectivity index is 2.54. The lowest BCUT2D eigenvalue weighted by atomic mass is 10.1. The average molecular weight is 319 g/mol. The van der Waals surface area contributed by atoms with Crippen LogP contribution in [0.15, 0.2) is 30.8 Å². The van der Waals surface area contributed by atoms with Gasteiger partial charge < -0.3 is 10.1 Å². The second-order valence-corrected chi connectivity index (χ2v) is 4.46. The first-order valence-corrected chi connectivity index (χ1v) is 6.40. The first-order valence-electron chi connectivity index (χ1n) is 6.00. The first-order chi connectivity index (χ1) is 9.84. The minimum Gasteiger partial charge on any atom is -0.383 e. The summed E-state index contributed by atoms with van der Waals surface area (Å²) in [6, 6.07) is 4.85. The third-order valence-electron chi connectivity index (χ3n) is 2.46. The maximum absolute atomic E-state index is 12.6. The summed E-state index contributed by atoms with van der Waals surface area (Å²) in [5, 5.41) is 3.13. The van der Waals surface area contributed by atoms with E-state index in [2.05, 4.69) is 22.7 Å². The van der Waals surface area contributed by atoms with Gasteiger partial charge in [-0.15, -0.1) is 0 Å². The van der Waals surface area contributed by atoms with Crippen LogP contribution >= 0.6 is 12.2 Å². The zero-order valence-electron chi connectivity index (χ0n) is 11.4. The number of hydrogen-bond donors (Lipinski definition) is 3. The van der Waals surface area contributed by atoms with Crippen molar-refractivity contribution >= 4 is 23.0 Å². The van der Waals surface area contributed by atoms with Crippen molar-refractivity contribution in [1.29, 1.82) is 0 Å². The van der Waals surface area contributed by atoms with Crippen molar-refractivity contribution in [2.24, 2.45) is 0 Å². The van der Waals surface area contributed by atoms with Gasteiger partial charge in [0.15, 0.2) is 5.11 Å². The maximum Gasteiger partial charge on any atom is 0.416 e. The molecule has 1 aromatic rings. The van der Waals surface area contributed by atoms with Crippen molar-refractivity contribution < 1.29 is 17.9 Å². The van der Waals surface area contributed by atoms with Crippen LogP contribution in [0, 0.1) is 0 Å². The SMILES string of the molecule is C=C(NNC(=S)NCCOC)c1cccc(C(F)(F)F)c1. The fourth-order valence-corrected chi connectivity index (χ4v) is 1.55. The van der Waals surface area contributed by atoms with E-state index in [9.17, 15) is 13.2 Å². The molecule has 1 aromatic carbocycles. The van der Waals surface area contributed by atoms with Gasteiger partial charge in [0.1, 0.15) is 0 Å². The summed E-state index contributed by atoms with van der Waals surface area (Å²) in [5.41, 5.74) is 5.14. The van der Waals surface area contributed by atoms with Crippen molar-refractivity contribution in [1.82, 2.24) is 16.2 Å². The quantitative estimate of drug-likeness (QED) is 0.427. The molecule has 0 bridgehead atoms. The molecule has 3 N–H and O–H groups in total. The van der Waals surface area contributed by atoms with Crippen LogP contribution in [0.3, 0.4) is 0 Å². The fraction of sp³-hybridized carbons (Fsp3) is 0.308. The molecule has 0 saturated heterocycles. The molecule has 8 heteroatoms. The van der Waals surface area contributed by atoms with E-state index >= 15 is 0 Å². The van der Waals surface area contributed by atoms with Crippen LogP contribution in [0.25, 0.3) is 5.70 Å². The van der Waals surface area contributed by atoms with E-state index in [0.29, 0.717) is 23.8 Å². The molecule has 1 rings (SSSR count). The molecule has 0 atom stereocenters. The molecule has 0 aliphatic heterocycles. The highest BCUT2D eigenvalue weighted by Gasteiger charge is 2.30. The number of halogens is 3. The summed E-state index contributed by atoms with van der Waals surface area (Å²) in [6.07, 6.45) is -4.39. The summed E-state index contributed by atoms with van der Waals surface area (Å²) in [7, 11) is 1.56. The van der Waals surface area contributed by atoms with E-state index in [1.165, 1.54) is 12.1 Å². The van der Waals surface area contributed by atoms with Crippen LogP contribution < -0.4 is 16.2 Å². The second kappa shape index (κ2) is 7.84. The highest BCUT2D eigenvalue weighted by Crippen LogP contribution is 2.30. The highest BCUT2D eigenvalue weighted by molar-refractivity contribution is 7.80. The molecule has 116 valence electrons. The number of hydrazine groups is 1. The minimum atomic E-state index is -4.39. The normalized spacial score (nSPS) is 10.9. The molecular formula is C13H16F3N3OS. The molecule has 0 spiro atoms. The fourth-order valence-electron chi connectivity index (χ4n) is 1.40. The van der Waals surface area contributed by atoms with Gasteiger partial charge >= 0.3 is 6.18 Å². The van der Waals surface area contributed by atoms with E-state index in [-0.39, 0.29) is 5.70 Å². The molecule has 0 unspecified atom stereocenters. The molecular weight excluding hydrogens is 303 g/mol. The molecule has 0 fully saturated rings. The van der Waals surface area contributed by atoms with Crippen molar-refractivity contribution in [2.75, 3.05) is 20.3 Å². The topological polar surface area (TPSA) is 45.3 Å². The number of benzene rings is 1. The van der Waals surface area contributed by atoms with E-state index in [1.54, 1.807) is 7.11 Å². The van der Waals surface area contributed by atoms with Gasteiger partial charge in [0, 0.05) is 13.7 Å². The molecule has 0 saturated carbocycles. The third-order valence-corrected chi connectivity index (χ3v) is 2.70. The predicted molar refractivity (Wildman–Crippen MR) is 79.2 cm³/mol. The largest absolute Gasteiger partial charge is 0.416 e. The number of rotatable bonds is 6. The van der Waals surface area contributed by atoms with Crippen molar-refractivity contribution in [2.45, 2.75) is 6.18 Å². The number of methoxy groups -OCH3 is 1. The third kappa shape index (κ3) is 6.01. The summed E-state index contributed by atoms with van der Waals surface area (Å²) >= 11 is 4.96. The monoisotopic (exact) mass is 319 g/mol. The van der Waals surface area contributed by atoms with E-state index in [4.69, 9.17) is 17.0 Å². The van der Waals surface area contributed by atoms with Gasteiger partial charge in [0.2, 0.25) is 0 Å². The van der Waals surface area contributed by atoms with Crippen LogP contribution in [-0.4, -0.2) is 25.4 Å². The zero-order valence-corrected chi connectivity index (χ0v) is 12.2. The molecule has 0 aliphatic carbocycles. The van der Waals surface area contributed by atoms with Gasteiger partial charge in [-0.3, -0.25) is 10.9 Å². The summed E-state index contributed by atoms with van der Waals surface area (Å²) in [4.78, 5) is 0. The lowest BCUT2D eigenvalue weighted by molar-refractivity contribution is -0.137. The number of alkyl halides is 3. The van der Waals surface area contributed by atoms with E-state index in [1.807, 2.05) is 0 Å². The Hall–Kier alpha value is -1.80. The van der Waals surface area contributed by atoms with Gasteiger partial charge in [-0.05, 0) is 29.9 Å². The van der Waals surface area contributed by atoms with Crippen LogP contribution in [0.5, 0.6) is 0 Å². The zero-order chi connectivity index (χ0) is 15.9. The predicted octanol–water partition coefficient (Wildman–Crippen LogP) is 2.29. The van der Waals surface area contributed by atoms with Crippen molar-refractivity contribution in [3.8, 4) is 0 Å². The van der Waals surface area contributed by atoms with Gasteiger partial charge in [-0.25, -0.2) is 0 Å². The van der Waals surface area contributed by atoms with Gasteiger partial charge in [0.25, 0.3) is 0 Å². The summed E-state index contributed by atoms with van der Waals surface area (Å²) in [5.74, 6) is 0. The molecule has 0 heterocycles. The van der Waals surface area contributed by atoms with E-state index < -0.39 is 11.7 Å². The number of nitrogens with one attached hydrogen (secondary N) is 3. The summed E-state index contributed by atoms with van der Waals surface area (Å²) in [6.45, 7) is 4.66. The lowest BCUT2D eigenvalue weighted by Crippen LogP contribution is -2.43. The molecule has 0 radical (unpaired) electrons. The molecule has 21 heavy (non-hydrogen) atoms. The molecule has 0 aliphatic rings. The smallest absolute Gasteiger partial charge is 0.383 e. The van der Waals surface area contributed by atoms with Crippen molar-refractivity contribution in [3.05, 3.63) is 42.0 Å². The lowest BCUT2D eigenvalue weighted by Gasteiger charge is -2.15. The number of hydrogen-bond acceptors (Lipinski definition) is 3. The van der Waals surface area contributed by atoms with Crippen LogP contribution in [-0.2, 0) is 10.9 Å².